The lowest BCUT2D eigenvalue weighted by Gasteiger charge is -2.14. The monoisotopic (exact) mass is 275 g/mol. The number of methoxy groups -OCH3 is 1. The number of hydrogen-bond donors (Lipinski definition) is 2. The Hall–Kier alpha value is -1.88. The van der Waals surface area contributed by atoms with Crippen LogP contribution < -0.4 is 5.32 Å². The van der Waals surface area contributed by atoms with E-state index in [0.29, 0.717) is 13.0 Å². The quantitative estimate of drug-likeness (QED) is 0.850. The molecule has 0 bridgehead atoms. The minimum Gasteiger partial charge on any atom is -0.384 e. The van der Waals surface area contributed by atoms with Gasteiger partial charge < -0.3 is 15.0 Å². The highest BCUT2D eigenvalue weighted by molar-refractivity contribution is 5.77. The Bertz CT molecular complexity index is 546. The van der Waals surface area contributed by atoms with Gasteiger partial charge in [-0.2, -0.15) is 0 Å². The first-order valence-corrected chi connectivity index (χ1v) is 6.83. The number of aromatic nitrogens is 2. The summed E-state index contributed by atoms with van der Waals surface area (Å²) >= 11 is 0. The second kappa shape index (κ2) is 6.52. The summed E-state index contributed by atoms with van der Waals surface area (Å²) in [4.78, 5) is 19.6. The molecule has 2 N–H and O–H groups in total. The van der Waals surface area contributed by atoms with Crippen LogP contribution in [0.5, 0.6) is 0 Å². The van der Waals surface area contributed by atoms with Crippen molar-refractivity contribution in [3.8, 4) is 0 Å². The summed E-state index contributed by atoms with van der Waals surface area (Å²) in [5, 5.41) is 2.96. The fraction of sp³-hybridized carbons (Fsp3) is 0.467. The fourth-order valence-corrected chi connectivity index (χ4v) is 2.21. The molecule has 0 saturated carbocycles. The van der Waals surface area contributed by atoms with Gasteiger partial charge in [-0.3, -0.25) is 4.79 Å². The smallest absolute Gasteiger partial charge is 0.220 e. The number of amides is 1. The number of nitrogens with one attached hydrogen (secondary N) is 2. The Morgan fingerprint density at radius 1 is 1.40 bits per heavy atom. The normalized spacial score (nSPS) is 14.2. The molecule has 108 valence electrons. The molecular formula is C15H21N3O2. The number of para-hydroxylation sites is 2. The van der Waals surface area contributed by atoms with Crippen LogP contribution >= 0.6 is 0 Å². The maximum absolute atomic E-state index is 11.9. The van der Waals surface area contributed by atoms with Crippen LogP contribution in [-0.4, -0.2) is 29.6 Å². The van der Waals surface area contributed by atoms with Gasteiger partial charge in [0, 0.05) is 20.1 Å². The summed E-state index contributed by atoms with van der Waals surface area (Å²) in [6.45, 7) is 4.51. The number of carbonyl (C=O) groups excluding carboxylic acids is 1. The number of ether oxygens (including phenoxy) is 1. The van der Waals surface area contributed by atoms with Crippen molar-refractivity contribution < 1.29 is 9.53 Å². The standard InChI is InChI=1S/C15H21N3O2/c1-10(9-20-3)8-14(19)16-11(2)15-17-12-6-4-5-7-13(12)18-15/h4-7,10-11H,8-9H2,1-3H3,(H,16,19)(H,17,18). The first-order chi connectivity index (χ1) is 9.60. The van der Waals surface area contributed by atoms with Gasteiger partial charge in [-0.1, -0.05) is 19.1 Å². The summed E-state index contributed by atoms with van der Waals surface area (Å²) in [6.07, 6.45) is 0.457. The highest BCUT2D eigenvalue weighted by atomic mass is 16.5. The van der Waals surface area contributed by atoms with E-state index in [1.165, 1.54) is 0 Å². The zero-order valence-corrected chi connectivity index (χ0v) is 12.1. The molecule has 0 aliphatic rings. The fourth-order valence-electron chi connectivity index (χ4n) is 2.21. The summed E-state index contributed by atoms with van der Waals surface area (Å²) in [5.74, 6) is 1.00. The van der Waals surface area contributed by atoms with E-state index in [2.05, 4.69) is 15.3 Å². The number of carbonyl (C=O) groups is 1. The van der Waals surface area contributed by atoms with Crippen molar-refractivity contribution in [3.05, 3.63) is 30.1 Å². The van der Waals surface area contributed by atoms with Gasteiger partial charge in [-0.25, -0.2) is 4.98 Å². The largest absolute Gasteiger partial charge is 0.384 e. The van der Waals surface area contributed by atoms with Gasteiger partial charge in [0.1, 0.15) is 5.82 Å². The molecule has 5 nitrogen and oxygen atoms in total. The SMILES string of the molecule is COCC(C)CC(=O)NC(C)c1nc2ccccc2[nH]1. The zero-order chi connectivity index (χ0) is 14.5. The highest BCUT2D eigenvalue weighted by Gasteiger charge is 2.15. The first-order valence-electron chi connectivity index (χ1n) is 6.83. The number of hydrogen-bond acceptors (Lipinski definition) is 3. The van der Waals surface area contributed by atoms with E-state index in [-0.39, 0.29) is 17.9 Å². The topological polar surface area (TPSA) is 67.0 Å². The summed E-state index contributed by atoms with van der Waals surface area (Å²) in [6, 6.07) is 7.69. The van der Waals surface area contributed by atoms with E-state index >= 15 is 0 Å². The van der Waals surface area contributed by atoms with E-state index in [1.807, 2.05) is 38.1 Å². The molecule has 1 aromatic heterocycles. The van der Waals surface area contributed by atoms with Crippen molar-refractivity contribution in [2.45, 2.75) is 26.3 Å². The Morgan fingerprint density at radius 3 is 2.85 bits per heavy atom. The van der Waals surface area contributed by atoms with Gasteiger partial charge in [-0.05, 0) is 25.0 Å². The lowest BCUT2D eigenvalue weighted by molar-refractivity contribution is -0.123. The van der Waals surface area contributed by atoms with Gasteiger partial charge in [0.2, 0.25) is 5.91 Å². The number of benzene rings is 1. The van der Waals surface area contributed by atoms with Crippen molar-refractivity contribution in [2.24, 2.45) is 5.92 Å². The molecule has 1 amide bonds. The predicted octanol–water partition coefficient (Wildman–Crippen LogP) is 2.41. The third-order valence-electron chi connectivity index (χ3n) is 3.18. The van der Waals surface area contributed by atoms with Gasteiger partial charge in [-0.15, -0.1) is 0 Å². The second-order valence-electron chi connectivity index (χ2n) is 5.19. The average molecular weight is 275 g/mol. The molecule has 0 aliphatic heterocycles. The van der Waals surface area contributed by atoms with Crippen molar-refractivity contribution in [3.63, 3.8) is 0 Å². The van der Waals surface area contributed by atoms with Crippen LogP contribution in [0, 0.1) is 5.92 Å². The summed E-state index contributed by atoms with van der Waals surface area (Å²) < 4.78 is 5.04. The summed E-state index contributed by atoms with van der Waals surface area (Å²) in [7, 11) is 1.64. The third-order valence-corrected chi connectivity index (χ3v) is 3.18. The molecule has 5 heteroatoms. The van der Waals surface area contributed by atoms with Crippen LogP contribution in [0.15, 0.2) is 24.3 Å². The van der Waals surface area contributed by atoms with E-state index in [9.17, 15) is 4.79 Å². The van der Waals surface area contributed by atoms with Crippen molar-refractivity contribution >= 4 is 16.9 Å². The Balaban J connectivity index is 1.97. The molecule has 0 radical (unpaired) electrons. The van der Waals surface area contributed by atoms with Crippen LogP contribution in [0.25, 0.3) is 11.0 Å². The molecule has 0 aliphatic carbocycles. The van der Waals surface area contributed by atoms with Crippen LogP contribution in [-0.2, 0) is 9.53 Å². The van der Waals surface area contributed by atoms with Crippen molar-refractivity contribution in [1.82, 2.24) is 15.3 Å². The second-order valence-corrected chi connectivity index (χ2v) is 5.19. The number of nitrogens with zero attached hydrogens (tertiary/aromatic N) is 1. The lowest BCUT2D eigenvalue weighted by atomic mass is 10.1. The third kappa shape index (κ3) is 3.57. The molecule has 0 saturated heterocycles. The maximum Gasteiger partial charge on any atom is 0.220 e. The minimum atomic E-state index is -0.135. The molecule has 1 aromatic carbocycles. The molecule has 2 rings (SSSR count). The molecule has 0 spiro atoms. The van der Waals surface area contributed by atoms with Crippen molar-refractivity contribution in [1.29, 1.82) is 0 Å². The van der Waals surface area contributed by atoms with E-state index in [1.54, 1.807) is 7.11 Å². The summed E-state index contributed by atoms with van der Waals surface area (Å²) in [5.41, 5.74) is 1.90. The molecular weight excluding hydrogens is 254 g/mol. The molecule has 2 aromatic rings. The van der Waals surface area contributed by atoms with Gasteiger partial charge in [0.25, 0.3) is 0 Å². The Morgan fingerprint density at radius 2 is 2.15 bits per heavy atom. The molecule has 2 unspecified atom stereocenters. The van der Waals surface area contributed by atoms with E-state index < -0.39 is 0 Å². The number of imidazole rings is 1. The number of fused-ring (bicyclic) bond motifs is 1. The highest BCUT2D eigenvalue weighted by Crippen LogP contribution is 2.15. The first kappa shape index (κ1) is 14.5. The van der Waals surface area contributed by atoms with Crippen LogP contribution in [0.1, 0.15) is 32.1 Å². The number of rotatable bonds is 6. The molecule has 2 atom stereocenters. The Labute approximate surface area is 118 Å². The number of aromatic amines is 1. The van der Waals surface area contributed by atoms with Crippen molar-refractivity contribution in [2.75, 3.05) is 13.7 Å². The maximum atomic E-state index is 11.9. The van der Waals surface area contributed by atoms with Crippen LogP contribution in [0.3, 0.4) is 0 Å². The molecule has 20 heavy (non-hydrogen) atoms. The zero-order valence-electron chi connectivity index (χ0n) is 12.1. The molecule has 1 heterocycles. The Kier molecular flexibility index (Phi) is 4.74. The van der Waals surface area contributed by atoms with Gasteiger partial charge >= 0.3 is 0 Å². The van der Waals surface area contributed by atoms with E-state index in [0.717, 1.165) is 16.9 Å². The van der Waals surface area contributed by atoms with Gasteiger partial charge in [0.05, 0.1) is 17.1 Å². The average Bonchev–Trinajstić information content (AvgIpc) is 2.82. The lowest BCUT2D eigenvalue weighted by Crippen LogP contribution is -2.29. The van der Waals surface area contributed by atoms with E-state index in [4.69, 9.17) is 4.74 Å². The van der Waals surface area contributed by atoms with Crippen LogP contribution in [0.4, 0.5) is 0 Å². The minimum absolute atomic E-state index is 0.0162. The predicted molar refractivity (Wildman–Crippen MR) is 78.3 cm³/mol. The van der Waals surface area contributed by atoms with Gasteiger partial charge in [0.15, 0.2) is 0 Å². The van der Waals surface area contributed by atoms with Crippen LogP contribution in [0.2, 0.25) is 0 Å². The number of H-pyrrole nitrogens is 1. The molecule has 0 fully saturated rings.